The van der Waals surface area contributed by atoms with Gasteiger partial charge in [0.2, 0.25) is 0 Å². The van der Waals surface area contributed by atoms with Crippen molar-refractivity contribution < 1.29 is 9.53 Å². The van der Waals surface area contributed by atoms with Crippen LogP contribution >= 0.6 is 0 Å². The third-order valence-electron chi connectivity index (χ3n) is 4.89. The molecule has 1 aliphatic heterocycles. The molecule has 3 rings (SSSR count). The molecule has 2 heterocycles. The van der Waals surface area contributed by atoms with Gasteiger partial charge in [0.15, 0.2) is 0 Å². The summed E-state index contributed by atoms with van der Waals surface area (Å²) in [5.41, 5.74) is 2.23. The van der Waals surface area contributed by atoms with E-state index in [4.69, 9.17) is 4.74 Å². The van der Waals surface area contributed by atoms with Gasteiger partial charge in [-0.2, -0.15) is 0 Å². The first-order chi connectivity index (χ1) is 12.6. The third-order valence-corrected chi connectivity index (χ3v) is 4.89. The summed E-state index contributed by atoms with van der Waals surface area (Å²) < 4.78 is 7.56. The van der Waals surface area contributed by atoms with Crippen LogP contribution in [0, 0.1) is 0 Å². The lowest BCUT2D eigenvalue weighted by molar-refractivity contribution is 0.203. The number of para-hydroxylation sites is 2. The molecule has 0 unspecified atom stereocenters. The average Bonchev–Trinajstić information content (AvgIpc) is 3.31. The Labute approximate surface area is 155 Å². The van der Waals surface area contributed by atoms with Crippen LogP contribution in [0.1, 0.15) is 18.9 Å². The lowest BCUT2D eigenvalue weighted by Crippen LogP contribution is -2.43. The van der Waals surface area contributed by atoms with Crippen molar-refractivity contribution in [2.24, 2.45) is 0 Å². The zero-order valence-corrected chi connectivity index (χ0v) is 15.8. The predicted octanol–water partition coefficient (Wildman–Crippen LogP) is 2.94. The Balaban J connectivity index is 1.53. The Morgan fingerprint density at radius 2 is 2.15 bits per heavy atom. The van der Waals surface area contributed by atoms with Gasteiger partial charge in [0, 0.05) is 51.7 Å². The van der Waals surface area contributed by atoms with Gasteiger partial charge < -0.3 is 24.4 Å². The van der Waals surface area contributed by atoms with E-state index in [0.717, 1.165) is 43.1 Å². The number of aromatic nitrogens is 1. The van der Waals surface area contributed by atoms with E-state index in [0.29, 0.717) is 6.54 Å². The van der Waals surface area contributed by atoms with Gasteiger partial charge in [-0.25, -0.2) is 4.79 Å². The van der Waals surface area contributed by atoms with Crippen molar-refractivity contribution in [2.45, 2.75) is 32.5 Å². The summed E-state index contributed by atoms with van der Waals surface area (Å²) in [6, 6.07) is 10.2. The summed E-state index contributed by atoms with van der Waals surface area (Å²) in [6.45, 7) is 5.37. The molecule has 26 heavy (non-hydrogen) atoms. The molecule has 0 radical (unpaired) electrons. The first kappa shape index (κ1) is 18.2. The number of anilines is 1. The molecule has 1 N–H and O–H groups in total. The van der Waals surface area contributed by atoms with Gasteiger partial charge in [-0.3, -0.25) is 0 Å². The van der Waals surface area contributed by atoms with Crippen LogP contribution in [0.3, 0.4) is 0 Å². The molecular weight excluding hydrogens is 328 g/mol. The number of carbonyl (C=O) groups is 1. The molecule has 6 nitrogen and oxygen atoms in total. The Kier molecular flexibility index (Phi) is 5.71. The highest BCUT2D eigenvalue weighted by Gasteiger charge is 2.26. The van der Waals surface area contributed by atoms with E-state index in [1.807, 2.05) is 31.4 Å². The largest absolute Gasteiger partial charge is 0.495 e. The first-order valence-electron chi connectivity index (χ1n) is 9.15. The minimum Gasteiger partial charge on any atom is -0.495 e. The minimum atomic E-state index is -0.0267. The van der Waals surface area contributed by atoms with E-state index in [1.54, 1.807) is 12.0 Å². The number of carbonyl (C=O) groups excluding carboxylic acids is 1. The van der Waals surface area contributed by atoms with E-state index in [9.17, 15) is 4.79 Å². The number of ether oxygens (including phenoxy) is 1. The van der Waals surface area contributed by atoms with Crippen LogP contribution in [-0.2, 0) is 13.1 Å². The molecule has 2 amide bonds. The summed E-state index contributed by atoms with van der Waals surface area (Å²) in [4.78, 5) is 16.5. The topological polar surface area (TPSA) is 49.7 Å². The number of urea groups is 1. The molecule has 2 aromatic rings. The maximum Gasteiger partial charge on any atom is 0.317 e. The summed E-state index contributed by atoms with van der Waals surface area (Å²) >= 11 is 0. The highest BCUT2D eigenvalue weighted by Crippen LogP contribution is 2.30. The van der Waals surface area contributed by atoms with Crippen LogP contribution in [0.25, 0.3) is 0 Å². The van der Waals surface area contributed by atoms with Crippen LogP contribution < -0.4 is 15.0 Å². The SMILES string of the molecule is CCn1ccc(CN(C)C(=O)N[C@@H]2CCN(c3ccccc3OC)C2)c1. The van der Waals surface area contributed by atoms with Crippen molar-refractivity contribution in [1.29, 1.82) is 0 Å². The second-order valence-electron chi connectivity index (χ2n) is 6.76. The van der Waals surface area contributed by atoms with Crippen molar-refractivity contribution >= 4 is 11.7 Å². The highest BCUT2D eigenvalue weighted by molar-refractivity contribution is 5.74. The summed E-state index contributed by atoms with van der Waals surface area (Å²) in [5, 5.41) is 3.15. The molecule has 1 saturated heterocycles. The number of rotatable bonds is 6. The van der Waals surface area contributed by atoms with Crippen LogP contribution in [0.15, 0.2) is 42.7 Å². The number of hydrogen-bond acceptors (Lipinski definition) is 3. The predicted molar refractivity (Wildman–Crippen MR) is 104 cm³/mol. The van der Waals surface area contributed by atoms with Gasteiger partial charge in [-0.15, -0.1) is 0 Å². The monoisotopic (exact) mass is 356 g/mol. The fourth-order valence-corrected chi connectivity index (χ4v) is 3.40. The van der Waals surface area contributed by atoms with Crippen LogP contribution in [0.5, 0.6) is 5.75 Å². The number of methoxy groups -OCH3 is 1. The molecule has 1 aliphatic rings. The second kappa shape index (κ2) is 8.17. The second-order valence-corrected chi connectivity index (χ2v) is 6.76. The van der Waals surface area contributed by atoms with Gasteiger partial charge in [0.1, 0.15) is 5.75 Å². The number of benzene rings is 1. The molecule has 0 spiro atoms. The van der Waals surface area contributed by atoms with Crippen molar-refractivity contribution in [3.8, 4) is 5.75 Å². The molecule has 1 aromatic heterocycles. The Morgan fingerprint density at radius 1 is 1.35 bits per heavy atom. The fraction of sp³-hybridized carbons (Fsp3) is 0.450. The van der Waals surface area contributed by atoms with Crippen molar-refractivity contribution in [1.82, 2.24) is 14.8 Å². The van der Waals surface area contributed by atoms with E-state index < -0.39 is 0 Å². The number of aryl methyl sites for hydroxylation is 1. The molecule has 6 heteroatoms. The lowest BCUT2D eigenvalue weighted by atomic mass is 10.2. The van der Waals surface area contributed by atoms with Gasteiger partial charge >= 0.3 is 6.03 Å². The summed E-state index contributed by atoms with van der Waals surface area (Å²) in [6.07, 6.45) is 5.07. The number of nitrogens with one attached hydrogen (secondary N) is 1. The Morgan fingerprint density at radius 3 is 2.88 bits per heavy atom. The smallest absolute Gasteiger partial charge is 0.317 e. The molecule has 1 atom stereocenters. The highest BCUT2D eigenvalue weighted by atomic mass is 16.5. The quantitative estimate of drug-likeness (QED) is 0.866. The fourth-order valence-electron chi connectivity index (χ4n) is 3.40. The summed E-state index contributed by atoms with van der Waals surface area (Å²) in [5.74, 6) is 0.872. The molecular formula is C20H28N4O2. The van der Waals surface area contributed by atoms with E-state index in [-0.39, 0.29) is 12.1 Å². The average molecular weight is 356 g/mol. The maximum absolute atomic E-state index is 12.5. The molecule has 140 valence electrons. The maximum atomic E-state index is 12.5. The van der Waals surface area contributed by atoms with Crippen molar-refractivity contribution in [3.05, 3.63) is 48.3 Å². The zero-order valence-electron chi connectivity index (χ0n) is 15.8. The first-order valence-corrected chi connectivity index (χ1v) is 9.15. The summed E-state index contributed by atoms with van der Waals surface area (Å²) in [7, 11) is 3.53. The van der Waals surface area contributed by atoms with E-state index in [1.165, 1.54) is 0 Å². The standard InChI is InChI=1S/C20H28N4O2/c1-4-23-11-9-16(14-23)13-22(2)20(25)21-17-10-12-24(15-17)18-7-5-6-8-19(18)26-3/h5-9,11,14,17H,4,10,12-13,15H2,1-3H3,(H,21,25)/t17-/m1/s1. The normalized spacial score (nSPS) is 16.6. The zero-order chi connectivity index (χ0) is 18.5. The Hall–Kier alpha value is -2.63. The van der Waals surface area contributed by atoms with Gasteiger partial charge in [-0.05, 0) is 37.1 Å². The van der Waals surface area contributed by atoms with Crippen LogP contribution in [0.2, 0.25) is 0 Å². The van der Waals surface area contributed by atoms with Crippen molar-refractivity contribution in [3.63, 3.8) is 0 Å². The molecule has 0 bridgehead atoms. The Bertz CT molecular complexity index is 743. The minimum absolute atomic E-state index is 0.0267. The molecule has 1 aromatic carbocycles. The lowest BCUT2D eigenvalue weighted by Gasteiger charge is -2.23. The van der Waals surface area contributed by atoms with Gasteiger partial charge in [0.25, 0.3) is 0 Å². The van der Waals surface area contributed by atoms with E-state index >= 15 is 0 Å². The van der Waals surface area contributed by atoms with Crippen LogP contribution in [0.4, 0.5) is 10.5 Å². The number of nitrogens with zero attached hydrogens (tertiary/aromatic N) is 3. The molecule has 1 fully saturated rings. The van der Waals surface area contributed by atoms with Crippen LogP contribution in [-0.4, -0.2) is 48.8 Å². The number of hydrogen-bond donors (Lipinski definition) is 1. The third kappa shape index (κ3) is 4.12. The van der Waals surface area contributed by atoms with Gasteiger partial charge in [0.05, 0.1) is 12.8 Å². The van der Waals surface area contributed by atoms with Gasteiger partial charge in [-0.1, -0.05) is 12.1 Å². The number of amides is 2. The van der Waals surface area contributed by atoms with Crippen molar-refractivity contribution in [2.75, 3.05) is 32.1 Å². The molecule has 0 aliphatic carbocycles. The van der Waals surface area contributed by atoms with E-state index in [2.05, 4.69) is 40.0 Å². The molecule has 0 saturated carbocycles.